The van der Waals surface area contributed by atoms with Crippen LogP contribution >= 0.6 is 0 Å². The molecular weight excluding hydrogens is 186 g/mol. The summed E-state index contributed by atoms with van der Waals surface area (Å²) in [5, 5.41) is 12.1. The van der Waals surface area contributed by atoms with E-state index in [0.29, 0.717) is 5.92 Å². The fourth-order valence-electron chi connectivity index (χ4n) is 1.72. The maximum atomic E-state index is 8.93. The molecular formula is C13H21NO. The maximum absolute atomic E-state index is 8.93. The highest BCUT2D eigenvalue weighted by Crippen LogP contribution is 2.20. The summed E-state index contributed by atoms with van der Waals surface area (Å²) in [5.41, 5.74) is 2.61. The number of hydrogen-bond donors (Lipinski definition) is 2. The monoisotopic (exact) mass is 207 g/mol. The number of rotatable bonds is 5. The molecule has 0 heterocycles. The van der Waals surface area contributed by atoms with Crippen LogP contribution in [0, 0.1) is 0 Å². The van der Waals surface area contributed by atoms with Gasteiger partial charge >= 0.3 is 0 Å². The lowest BCUT2D eigenvalue weighted by Gasteiger charge is -2.16. The minimum absolute atomic E-state index is 0.220. The normalized spacial score (nSPS) is 13.1. The van der Waals surface area contributed by atoms with Gasteiger partial charge in [-0.2, -0.15) is 0 Å². The third kappa shape index (κ3) is 3.33. The Balaban J connectivity index is 2.77. The topological polar surface area (TPSA) is 32.3 Å². The van der Waals surface area contributed by atoms with Crippen molar-refractivity contribution in [2.75, 3.05) is 13.7 Å². The highest BCUT2D eigenvalue weighted by atomic mass is 16.3. The van der Waals surface area contributed by atoms with Crippen molar-refractivity contribution in [2.24, 2.45) is 0 Å². The molecule has 0 saturated heterocycles. The third-order valence-corrected chi connectivity index (χ3v) is 2.77. The molecule has 0 spiro atoms. The minimum Gasteiger partial charge on any atom is -0.396 e. The van der Waals surface area contributed by atoms with Gasteiger partial charge in [-0.25, -0.2) is 0 Å². The molecule has 1 rings (SSSR count). The molecule has 0 fully saturated rings. The molecule has 1 aromatic carbocycles. The van der Waals surface area contributed by atoms with Crippen LogP contribution in [0.3, 0.4) is 0 Å². The first-order valence-corrected chi connectivity index (χ1v) is 5.57. The van der Waals surface area contributed by atoms with E-state index in [1.165, 1.54) is 11.1 Å². The van der Waals surface area contributed by atoms with Crippen molar-refractivity contribution in [1.29, 1.82) is 0 Å². The van der Waals surface area contributed by atoms with Crippen molar-refractivity contribution in [3.63, 3.8) is 0 Å². The zero-order valence-corrected chi connectivity index (χ0v) is 9.83. The fourth-order valence-corrected chi connectivity index (χ4v) is 1.72. The van der Waals surface area contributed by atoms with E-state index >= 15 is 0 Å². The van der Waals surface area contributed by atoms with Gasteiger partial charge in [-0.3, -0.25) is 0 Å². The van der Waals surface area contributed by atoms with E-state index in [0.717, 1.165) is 6.42 Å². The standard InChI is InChI=1S/C13H21NO/c1-10(2)11-4-6-12(7-5-11)13(14-3)8-9-15/h4-7,10,13-15H,8-9H2,1-3H3. The third-order valence-electron chi connectivity index (χ3n) is 2.77. The molecule has 0 aromatic heterocycles. The van der Waals surface area contributed by atoms with Gasteiger partial charge in [-0.1, -0.05) is 38.1 Å². The summed E-state index contributed by atoms with van der Waals surface area (Å²) in [4.78, 5) is 0. The van der Waals surface area contributed by atoms with E-state index in [2.05, 4.69) is 43.4 Å². The lowest BCUT2D eigenvalue weighted by atomic mass is 9.98. The van der Waals surface area contributed by atoms with E-state index in [4.69, 9.17) is 5.11 Å². The molecule has 0 saturated carbocycles. The zero-order chi connectivity index (χ0) is 11.3. The van der Waals surface area contributed by atoms with Gasteiger partial charge < -0.3 is 10.4 Å². The van der Waals surface area contributed by atoms with Gasteiger partial charge in [0, 0.05) is 12.6 Å². The number of aliphatic hydroxyl groups is 1. The summed E-state index contributed by atoms with van der Waals surface area (Å²) in [6.07, 6.45) is 0.761. The molecule has 0 aliphatic heterocycles. The molecule has 84 valence electrons. The van der Waals surface area contributed by atoms with Crippen molar-refractivity contribution in [2.45, 2.75) is 32.2 Å². The molecule has 1 atom stereocenters. The van der Waals surface area contributed by atoms with E-state index in [9.17, 15) is 0 Å². The maximum Gasteiger partial charge on any atom is 0.0449 e. The Morgan fingerprint density at radius 2 is 1.67 bits per heavy atom. The number of nitrogens with one attached hydrogen (secondary N) is 1. The van der Waals surface area contributed by atoms with Crippen LogP contribution in [0.2, 0.25) is 0 Å². The first-order valence-electron chi connectivity index (χ1n) is 5.57. The molecule has 15 heavy (non-hydrogen) atoms. The Morgan fingerprint density at radius 1 is 1.13 bits per heavy atom. The summed E-state index contributed by atoms with van der Waals surface area (Å²) in [5.74, 6) is 0.574. The van der Waals surface area contributed by atoms with Crippen molar-refractivity contribution < 1.29 is 5.11 Å². The first-order chi connectivity index (χ1) is 7.19. The zero-order valence-electron chi connectivity index (χ0n) is 9.83. The Morgan fingerprint density at radius 3 is 2.07 bits per heavy atom. The number of hydrogen-bond acceptors (Lipinski definition) is 2. The molecule has 1 unspecified atom stereocenters. The first kappa shape index (κ1) is 12.2. The average Bonchev–Trinajstić information content (AvgIpc) is 2.26. The van der Waals surface area contributed by atoms with Gasteiger partial charge in [0.15, 0.2) is 0 Å². The van der Waals surface area contributed by atoms with E-state index in [-0.39, 0.29) is 12.6 Å². The molecule has 2 nitrogen and oxygen atoms in total. The van der Waals surface area contributed by atoms with E-state index in [1.54, 1.807) is 0 Å². The van der Waals surface area contributed by atoms with Gasteiger partial charge in [0.05, 0.1) is 0 Å². The summed E-state index contributed by atoms with van der Waals surface area (Å²) >= 11 is 0. The lowest BCUT2D eigenvalue weighted by Crippen LogP contribution is -2.17. The Bertz CT molecular complexity index is 279. The smallest absolute Gasteiger partial charge is 0.0449 e. The second-order valence-electron chi connectivity index (χ2n) is 4.17. The minimum atomic E-state index is 0.220. The predicted octanol–water partition coefficient (Wildman–Crippen LogP) is 2.45. The second kappa shape index (κ2) is 5.89. The van der Waals surface area contributed by atoms with Crippen molar-refractivity contribution in [3.05, 3.63) is 35.4 Å². The van der Waals surface area contributed by atoms with Crippen LogP contribution in [0.25, 0.3) is 0 Å². The molecule has 0 amide bonds. The summed E-state index contributed by atoms with van der Waals surface area (Å²) in [7, 11) is 1.93. The van der Waals surface area contributed by atoms with Crippen LogP contribution < -0.4 is 5.32 Å². The van der Waals surface area contributed by atoms with Crippen LogP contribution in [0.15, 0.2) is 24.3 Å². The SMILES string of the molecule is CNC(CCO)c1ccc(C(C)C)cc1. The number of aliphatic hydroxyl groups excluding tert-OH is 1. The Kier molecular flexibility index (Phi) is 4.79. The van der Waals surface area contributed by atoms with E-state index < -0.39 is 0 Å². The lowest BCUT2D eigenvalue weighted by molar-refractivity contribution is 0.269. The van der Waals surface area contributed by atoms with Crippen LogP contribution in [0.5, 0.6) is 0 Å². The van der Waals surface area contributed by atoms with Crippen LogP contribution in [-0.4, -0.2) is 18.8 Å². The molecule has 0 bridgehead atoms. The van der Waals surface area contributed by atoms with Crippen LogP contribution in [-0.2, 0) is 0 Å². The fraction of sp³-hybridized carbons (Fsp3) is 0.538. The van der Waals surface area contributed by atoms with Gasteiger partial charge in [0.1, 0.15) is 0 Å². The Labute approximate surface area is 92.3 Å². The molecule has 1 aromatic rings. The van der Waals surface area contributed by atoms with Crippen molar-refractivity contribution in [1.82, 2.24) is 5.32 Å². The molecule has 0 aliphatic rings. The Hall–Kier alpha value is -0.860. The second-order valence-corrected chi connectivity index (χ2v) is 4.17. The van der Waals surface area contributed by atoms with Gasteiger partial charge in [0.25, 0.3) is 0 Å². The highest BCUT2D eigenvalue weighted by molar-refractivity contribution is 5.26. The summed E-state index contributed by atoms with van der Waals surface area (Å²) in [6, 6.07) is 8.89. The molecule has 0 aliphatic carbocycles. The number of benzene rings is 1. The summed E-state index contributed by atoms with van der Waals surface area (Å²) in [6.45, 7) is 4.61. The van der Waals surface area contributed by atoms with E-state index in [1.807, 2.05) is 7.05 Å². The molecule has 2 N–H and O–H groups in total. The van der Waals surface area contributed by atoms with Crippen molar-refractivity contribution >= 4 is 0 Å². The quantitative estimate of drug-likeness (QED) is 0.777. The largest absolute Gasteiger partial charge is 0.396 e. The van der Waals surface area contributed by atoms with Gasteiger partial charge in [0.2, 0.25) is 0 Å². The van der Waals surface area contributed by atoms with Crippen molar-refractivity contribution in [3.8, 4) is 0 Å². The average molecular weight is 207 g/mol. The van der Waals surface area contributed by atoms with Gasteiger partial charge in [-0.15, -0.1) is 0 Å². The molecule has 2 heteroatoms. The van der Waals surface area contributed by atoms with Crippen LogP contribution in [0.4, 0.5) is 0 Å². The highest BCUT2D eigenvalue weighted by Gasteiger charge is 2.08. The molecule has 0 radical (unpaired) electrons. The van der Waals surface area contributed by atoms with Crippen LogP contribution in [0.1, 0.15) is 43.4 Å². The predicted molar refractivity (Wildman–Crippen MR) is 64.0 cm³/mol. The summed E-state index contributed by atoms with van der Waals surface area (Å²) < 4.78 is 0. The van der Waals surface area contributed by atoms with Gasteiger partial charge in [-0.05, 0) is 30.5 Å².